The highest BCUT2D eigenvalue weighted by Gasteiger charge is 2.43. The molecule has 40 heavy (non-hydrogen) atoms. The number of anilines is 1. The first-order valence-electron chi connectivity index (χ1n) is 13.3. The van der Waals surface area contributed by atoms with Gasteiger partial charge in [-0.2, -0.15) is 0 Å². The third kappa shape index (κ3) is 9.29. The number of alkyl carbamates (subject to hydrolysis) is 1. The fraction of sp³-hybridized carbons (Fsp3) is 0.467. The van der Waals surface area contributed by atoms with Crippen molar-refractivity contribution in [1.29, 1.82) is 0 Å². The van der Waals surface area contributed by atoms with Crippen LogP contribution in [0.15, 0.2) is 54.6 Å². The van der Waals surface area contributed by atoms with E-state index in [2.05, 4.69) is 10.6 Å². The van der Waals surface area contributed by atoms with Gasteiger partial charge in [-0.05, 0) is 77.3 Å². The summed E-state index contributed by atoms with van der Waals surface area (Å²) in [5, 5.41) is 5.52. The van der Waals surface area contributed by atoms with E-state index in [1.54, 1.807) is 76.4 Å². The molecule has 0 radical (unpaired) electrons. The van der Waals surface area contributed by atoms with E-state index >= 15 is 0 Å². The van der Waals surface area contributed by atoms with Gasteiger partial charge in [-0.25, -0.2) is 4.79 Å². The van der Waals surface area contributed by atoms with Gasteiger partial charge in [-0.1, -0.05) is 37.3 Å². The third-order valence-electron chi connectivity index (χ3n) is 6.40. The van der Waals surface area contributed by atoms with Gasteiger partial charge in [0.2, 0.25) is 11.8 Å². The maximum atomic E-state index is 14.3. The first kappa shape index (κ1) is 32.1. The molecule has 218 valence electrons. The molecule has 10 nitrogen and oxygen atoms in total. The van der Waals surface area contributed by atoms with Gasteiger partial charge in [-0.3, -0.25) is 14.4 Å². The number of carbonyl (C=O) groups is 4. The van der Waals surface area contributed by atoms with E-state index < -0.39 is 47.0 Å². The lowest BCUT2D eigenvalue weighted by Gasteiger charge is -2.44. The largest absolute Gasteiger partial charge is 0.497 e. The molecule has 0 aliphatic rings. The summed E-state index contributed by atoms with van der Waals surface area (Å²) in [6, 6.07) is 13.5. The normalized spacial score (nSPS) is 13.0. The van der Waals surface area contributed by atoms with E-state index in [1.807, 2.05) is 26.8 Å². The molecule has 0 heterocycles. The van der Waals surface area contributed by atoms with Crippen molar-refractivity contribution in [3.63, 3.8) is 0 Å². The standard InChI is InChI=1S/C30H42N4O6/c1-8-30(5,6)34(27(37)23(18-19-24(31)35)33-28(38)40-29(2,3)4)25(20-12-10-9-11-13-20)26(36)32-21-14-16-22(39-7)17-15-21/h9-17,23,25H,8,18-19H2,1-7H3,(H2,31,35)(H,32,36)(H,33,38). The predicted octanol–water partition coefficient (Wildman–Crippen LogP) is 4.55. The molecular weight excluding hydrogens is 512 g/mol. The van der Waals surface area contributed by atoms with Crippen molar-refractivity contribution in [1.82, 2.24) is 10.2 Å². The molecule has 2 aromatic rings. The Morgan fingerprint density at radius 3 is 2.05 bits per heavy atom. The average molecular weight is 555 g/mol. The van der Waals surface area contributed by atoms with Crippen LogP contribution < -0.4 is 21.1 Å². The summed E-state index contributed by atoms with van der Waals surface area (Å²) in [6.45, 7) is 10.7. The summed E-state index contributed by atoms with van der Waals surface area (Å²) in [4.78, 5) is 54.1. The minimum Gasteiger partial charge on any atom is -0.497 e. The monoisotopic (exact) mass is 554 g/mol. The summed E-state index contributed by atoms with van der Waals surface area (Å²) in [7, 11) is 1.55. The molecule has 2 atom stereocenters. The number of methoxy groups -OCH3 is 1. The Morgan fingerprint density at radius 1 is 0.950 bits per heavy atom. The second-order valence-corrected chi connectivity index (χ2v) is 11.1. The van der Waals surface area contributed by atoms with Crippen molar-refractivity contribution in [3.05, 3.63) is 60.2 Å². The lowest BCUT2D eigenvalue weighted by Crippen LogP contribution is -2.59. The molecule has 10 heteroatoms. The summed E-state index contributed by atoms with van der Waals surface area (Å²) < 4.78 is 10.6. The van der Waals surface area contributed by atoms with E-state index in [0.29, 0.717) is 23.4 Å². The number of nitrogens with two attached hydrogens (primary N) is 1. The molecule has 0 aromatic heterocycles. The number of carbonyl (C=O) groups excluding carboxylic acids is 4. The fourth-order valence-corrected chi connectivity index (χ4v) is 4.05. The van der Waals surface area contributed by atoms with Crippen molar-refractivity contribution in [2.24, 2.45) is 5.73 Å². The Bertz CT molecular complexity index is 1160. The zero-order valence-electron chi connectivity index (χ0n) is 24.4. The molecule has 0 saturated heterocycles. The minimum atomic E-state index is -1.17. The molecule has 2 unspecified atom stereocenters. The molecule has 0 aliphatic carbocycles. The van der Waals surface area contributed by atoms with E-state index in [1.165, 1.54) is 4.90 Å². The van der Waals surface area contributed by atoms with Gasteiger partial charge < -0.3 is 30.7 Å². The van der Waals surface area contributed by atoms with E-state index in [9.17, 15) is 19.2 Å². The number of nitrogens with zero attached hydrogens (tertiary/aromatic N) is 1. The highest BCUT2D eigenvalue weighted by molar-refractivity contribution is 5.99. The molecule has 0 aliphatic heterocycles. The topological polar surface area (TPSA) is 140 Å². The highest BCUT2D eigenvalue weighted by Crippen LogP contribution is 2.33. The maximum absolute atomic E-state index is 14.3. The Balaban J connectivity index is 2.58. The molecule has 0 fully saturated rings. The van der Waals surface area contributed by atoms with Crippen molar-refractivity contribution in [3.8, 4) is 5.75 Å². The molecule has 0 saturated carbocycles. The molecule has 4 N–H and O–H groups in total. The van der Waals surface area contributed by atoms with Crippen molar-refractivity contribution in [2.75, 3.05) is 12.4 Å². The quantitative estimate of drug-likeness (QED) is 0.352. The molecule has 2 aromatic carbocycles. The number of nitrogens with one attached hydrogen (secondary N) is 2. The van der Waals surface area contributed by atoms with Gasteiger partial charge in [0, 0.05) is 17.6 Å². The molecule has 2 rings (SSSR count). The zero-order valence-corrected chi connectivity index (χ0v) is 24.4. The summed E-state index contributed by atoms with van der Waals surface area (Å²) in [5.74, 6) is -0.983. The molecule has 0 spiro atoms. The number of hydrogen-bond acceptors (Lipinski definition) is 6. The first-order chi connectivity index (χ1) is 18.7. The predicted molar refractivity (Wildman–Crippen MR) is 154 cm³/mol. The van der Waals surface area contributed by atoms with Crippen molar-refractivity contribution >= 4 is 29.5 Å². The van der Waals surface area contributed by atoms with Gasteiger partial charge in [0.1, 0.15) is 23.4 Å². The molecule has 4 amide bonds. The van der Waals surface area contributed by atoms with Crippen LogP contribution in [-0.2, 0) is 19.1 Å². The maximum Gasteiger partial charge on any atom is 0.408 e. The number of primary amides is 1. The smallest absolute Gasteiger partial charge is 0.408 e. The number of hydrogen-bond donors (Lipinski definition) is 3. The van der Waals surface area contributed by atoms with Crippen LogP contribution in [0.5, 0.6) is 5.75 Å². The SMILES string of the molecule is CCC(C)(C)N(C(=O)C(CCC(N)=O)NC(=O)OC(C)(C)C)C(C(=O)Nc1ccc(OC)cc1)c1ccccc1. The second kappa shape index (κ2) is 13.8. The Kier molecular flexibility index (Phi) is 11.1. The summed E-state index contributed by atoms with van der Waals surface area (Å²) >= 11 is 0. The number of rotatable bonds is 12. The lowest BCUT2D eigenvalue weighted by molar-refractivity contribution is -0.148. The zero-order chi connectivity index (χ0) is 30.1. The molecular formula is C30H42N4O6. The van der Waals surface area contributed by atoms with Crippen molar-refractivity contribution in [2.45, 2.75) is 84.0 Å². The van der Waals surface area contributed by atoms with Gasteiger partial charge in [0.15, 0.2) is 0 Å². The minimum absolute atomic E-state index is 0.0642. The fourth-order valence-electron chi connectivity index (χ4n) is 4.05. The van der Waals surface area contributed by atoms with Crippen LogP contribution in [0.2, 0.25) is 0 Å². The Morgan fingerprint density at radius 2 is 1.55 bits per heavy atom. The van der Waals surface area contributed by atoms with Crippen LogP contribution in [0, 0.1) is 0 Å². The van der Waals surface area contributed by atoms with Crippen LogP contribution in [0.3, 0.4) is 0 Å². The van der Waals surface area contributed by atoms with Gasteiger partial charge in [0.25, 0.3) is 5.91 Å². The van der Waals surface area contributed by atoms with Gasteiger partial charge in [0.05, 0.1) is 7.11 Å². The van der Waals surface area contributed by atoms with Gasteiger partial charge >= 0.3 is 6.09 Å². The van der Waals surface area contributed by atoms with E-state index in [-0.39, 0.29) is 12.8 Å². The van der Waals surface area contributed by atoms with Crippen LogP contribution in [0.25, 0.3) is 0 Å². The Hall–Kier alpha value is -4.08. The van der Waals surface area contributed by atoms with Crippen LogP contribution in [0.4, 0.5) is 10.5 Å². The number of ether oxygens (including phenoxy) is 2. The summed E-state index contributed by atoms with van der Waals surface area (Å²) in [6.07, 6.45) is -0.540. The van der Waals surface area contributed by atoms with E-state index in [4.69, 9.17) is 15.2 Å². The van der Waals surface area contributed by atoms with Crippen LogP contribution in [-0.4, -0.2) is 53.0 Å². The number of benzene rings is 2. The van der Waals surface area contributed by atoms with Gasteiger partial charge in [-0.15, -0.1) is 0 Å². The third-order valence-corrected chi connectivity index (χ3v) is 6.40. The first-order valence-corrected chi connectivity index (χ1v) is 13.3. The van der Waals surface area contributed by atoms with Crippen LogP contribution in [0.1, 0.15) is 72.4 Å². The highest BCUT2D eigenvalue weighted by atomic mass is 16.6. The van der Waals surface area contributed by atoms with Crippen LogP contribution >= 0.6 is 0 Å². The molecule has 0 bridgehead atoms. The lowest BCUT2D eigenvalue weighted by atomic mass is 9.91. The second-order valence-electron chi connectivity index (χ2n) is 11.1. The van der Waals surface area contributed by atoms with E-state index in [0.717, 1.165) is 0 Å². The summed E-state index contributed by atoms with van der Waals surface area (Å²) in [5.41, 5.74) is 4.83. The van der Waals surface area contributed by atoms with Crippen molar-refractivity contribution < 1.29 is 28.7 Å². The Labute approximate surface area is 236 Å². The average Bonchev–Trinajstić information content (AvgIpc) is 2.88. The number of amides is 4.